The van der Waals surface area contributed by atoms with E-state index in [1.54, 1.807) is 12.1 Å². The summed E-state index contributed by atoms with van der Waals surface area (Å²) >= 11 is 2.20. The molecule has 0 bridgehead atoms. The van der Waals surface area contributed by atoms with Crippen molar-refractivity contribution in [1.29, 1.82) is 0 Å². The topological polar surface area (TPSA) is 40.5 Å². The zero-order valence-corrected chi connectivity index (χ0v) is 10.4. The molecule has 1 N–H and O–H groups in total. The van der Waals surface area contributed by atoms with Crippen molar-refractivity contribution in [3.8, 4) is 0 Å². The molecule has 80 valence electrons. The summed E-state index contributed by atoms with van der Waals surface area (Å²) in [6.07, 6.45) is 2.47. The molecule has 1 aromatic carbocycles. The van der Waals surface area contributed by atoms with Gasteiger partial charge in [-0.3, -0.25) is 0 Å². The van der Waals surface area contributed by atoms with E-state index in [2.05, 4.69) is 27.5 Å². The number of hydrogen-bond acceptors (Lipinski definition) is 2. The lowest BCUT2D eigenvalue weighted by molar-refractivity contribution is 0.0697. The van der Waals surface area contributed by atoms with Crippen molar-refractivity contribution in [3.63, 3.8) is 0 Å². The summed E-state index contributed by atoms with van der Waals surface area (Å²) in [6.45, 7) is 2.17. The first-order valence-corrected chi connectivity index (χ1v) is 6.04. The Morgan fingerprint density at radius 1 is 1.33 bits per heavy atom. The highest BCUT2D eigenvalue weighted by Crippen LogP contribution is 2.26. The average molecular weight is 317 g/mol. The molecule has 1 aliphatic heterocycles. The fourth-order valence-electron chi connectivity index (χ4n) is 1.85. The molecule has 0 unspecified atom stereocenters. The number of benzene rings is 1. The maximum atomic E-state index is 10.8. The van der Waals surface area contributed by atoms with Gasteiger partial charge in [0.15, 0.2) is 0 Å². The van der Waals surface area contributed by atoms with Crippen LogP contribution in [0.2, 0.25) is 0 Å². The van der Waals surface area contributed by atoms with E-state index >= 15 is 0 Å². The molecule has 1 heterocycles. The molecule has 1 fully saturated rings. The fourth-order valence-corrected chi connectivity index (χ4v) is 2.71. The Hall–Kier alpha value is -0.780. The number of carbonyl (C=O) groups is 1. The maximum Gasteiger partial charge on any atom is 0.335 e. The van der Waals surface area contributed by atoms with Gasteiger partial charge in [-0.2, -0.15) is 0 Å². The summed E-state index contributed by atoms with van der Waals surface area (Å²) in [5.41, 5.74) is 1.53. The van der Waals surface area contributed by atoms with Crippen molar-refractivity contribution in [2.24, 2.45) is 0 Å². The van der Waals surface area contributed by atoms with Crippen LogP contribution in [0.15, 0.2) is 18.2 Å². The molecule has 1 aromatic rings. The summed E-state index contributed by atoms with van der Waals surface area (Å²) in [4.78, 5) is 13.1. The normalized spacial score (nSPS) is 15.7. The van der Waals surface area contributed by atoms with E-state index in [-0.39, 0.29) is 0 Å². The van der Waals surface area contributed by atoms with Crippen LogP contribution in [-0.4, -0.2) is 24.2 Å². The van der Waals surface area contributed by atoms with Crippen LogP contribution in [-0.2, 0) is 0 Å². The predicted octanol–water partition coefficient (Wildman–Crippen LogP) is 2.59. The number of nitrogens with zero attached hydrogens (tertiary/aromatic N) is 1. The van der Waals surface area contributed by atoms with Crippen LogP contribution in [0.4, 0.5) is 5.69 Å². The first kappa shape index (κ1) is 10.7. The fraction of sp³-hybridized carbons (Fsp3) is 0.364. The molecule has 1 aliphatic rings. The Bertz CT molecular complexity index is 386. The van der Waals surface area contributed by atoms with Crippen molar-refractivity contribution in [2.45, 2.75) is 12.8 Å². The Morgan fingerprint density at radius 2 is 2.00 bits per heavy atom. The monoisotopic (exact) mass is 317 g/mol. The molecule has 1 saturated heterocycles. The van der Waals surface area contributed by atoms with Crippen LogP contribution in [0.25, 0.3) is 0 Å². The van der Waals surface area contributed by atoms with Crippen LogP contribution in [0.3, 0.4) is 0 Å². The lowest BCUT2D eigenvalue weighted by Crippen LogP contribution is -2.18. The van der Waals surface area contributed by atoms with Crippen LogP contribution in [0, 0.1) is 3.57 Å². The molecular formula is C11H12INO2. The van der Waals surface area contributed by atoms with Crippen LogP contribution in [0.1, 0.15) is 23.2 Å². The summed E-state index contributed by atoms with van der Waals surface area (Å²) < 4.78 is 1.02. The molecule has 0 amide bonds. The van der Waals surface area contributed by atoms with Crippen molar-refractivity contribution in [3.05, 3.63) is 27.3 Å². The third-order valence-electron chi connectivity index (χ3n) is 2.64. The third-order valence-corrected chi connectivity index (χ3v) is 3.51. The Balaban J connectivity index is 2.29. The van der Waals surface area contributed by atoms with Gasteiger partial charge in [0.2, 0.25) is 0 Å². The van der Waals surface area contributed by atoms with E-state index in [1.165, 1.54) is 12.8 Å². The maximum absolute atomic E-state index is 10.8. The molecule has 0 radical (unpaired) electrons. The average Bonchev–Trinajstić information content (AvgIpc) is 2.70. The molecule has 3 nitrogen and oxygen atoms in total. The zero-order valence-electron chi connectivity index (χ0n) is 8.24. The van der Waals surface area contributed by atoms with Crippen LogP contribution >= 0.6 is 22.6 Å². The van der Waals surface area contributed by atoms with Crippen LogP contribution < -0.4 is 4.90 Å². The third kappa shape index (κ3) is 2.25. The largest absolute Gasteiger partial charge is 0.478 e. The number of carboxylic acid groups (broad SMARTS) is 1. The van der Waals surface area contributed by atoms with E-state index in [9.17, 15) is 4.79 Å². The summed E-state index contributed by atoms with van der Waals surface area (Å²) in [7, 11) is 0. The molecule has 0 saturated carbocycles. The highest BCUT2D eigenvalue weighted by Gasteiger charge is 2.15. The molecule has 0 atom stereocenters. The number of carboxylic acids is 1. The Morgan fingerprint density at radius 3 is 2.53 bits per heavy atom. The Kier molecular flexibility index (Phi) is 3.14. The second-order valence-corrected chi connectivity index (χ2v) is 4.83. The van der Waals surface area contributed by atoms with E-state index in [0.717, 1.165) is 22.3 Å². The standard InChI is InChI=1S/C11H12INO2/c12-9-7-8(11(14)15)3-4-10(9)13-5-1-2-6-13/h3-4,7H,1-2,5-6H2,(H,14,15). The first-order chi connectivity index (χ1) is 7.18. The highest BCUT2D eigenvalue weighted by molar-refractivity contribution is 14.1. The second-order valence-electron chi connectivity index (χ2n) is 3.67. The van der Waals surface area contributed by atoms with E-state index in [0.29, 0.717) is 5.56 Å². The van der Waals surface area contributed by atoms with Gasteiger partial charge < -0.3 is 10.0 Å². The summed E-state index contributed by atoms with van der Waals surface area (Å²) in [5, 5.41) is 8.85. The van der Waals surface area contributed by atoms with E-state index in [1.807, 2.05) is 6.07 Å². The number of rotatable bonds is 2. The second kappa shape index (κ2) is 4.38. The zero-order chi connectivity index (χ0) is 10.8. The highest BCUT2D eigenvalue weighted by atomic mass is 127. The lowest BCUT2D eigenvalue weighted by atomic mass is 10.2. The first-order valence-electron chi connectivity index (χ1n) is 4.96. The SMILES string of the molecule is O=C(O)c1ccc(N2CCCC2)c(I)c1. The lowest BCUT2D eigenvalue weighted by Gasteiger charge is -2.19. The van der Waals surface area contributed by atoms with Gasteiger partial charge in [0.1, 0.15) is 0 Å². The number of halogens is 1. The van der Waals surface area contributed by atoms with Crippen molar-refractivity contribution < 1.29 is 9.90 Å². The molecule has 0 aromatic heterocycles. The predicted molar refractivity (Wildman–Crippen MR) is 67.6 cm³/mol. The van der Waals surface area contributed by atoms with Gasteiger partial charge in [-0.05, 0) is 53.6 Å². The summed E-state index contributed by atoms with van der Waals surface area (Å²) in [6, 6.07) is 5.32. The van der Waals surface area contributed by atoms with Crippen molar-refractivity contribution in [1.82, 2.24) is 0 Å². The van der Waals surface area contributed by atoms with E-state index in [4.69, 9.17) is 5.11 Å². The Labute approximate surface area is 102 Å². The van der Waals surface area contributed by atoms with Crippen molar-refractivity contribution >= 4 is 34.2 Å². The molecule has 0 spiro atoms. The van der Waals surface area contributed by atoms with Crippen molar-refractivity contribution in [2.75, 3.05) is 18.0 Å². The number of aromatic carboxylic acids is 1. The summed E-state index contributed by atoms with van der Waals surface area (Å²) in [5.74, 6) is -0.860. The van der Waals surface area contributed by atoms with Crippen LogP contribution in [0.5, 0.6) is 0 Å². The quantitative estimate of drug-likeness (QED) is 0.853. The molecule has 0 aliphatic carbocycles. The van der Waals surface area contributed by atoms with Gasteiger partial charge >= 0.3 is 5.97 Å². The van der Waals surface area contributed by atoms with Gasteiger partial charge in [-0.25, -0.2) is 4.79 Å². The molecule has 15 heavy (non-hydrogen) atoms. The molecule has 4 heteroatoms. The van der Waals surface area contributed by atoms with Gasteiger partial charge in [-0.15, -0.1) is 0 Å². The number of hydrogen-bond donors (Lipinski definition) is 1. The minimum absolute atomic E-state index is 0.363. The van der Waals surface area contributed by atoms with E-state index < -0.39 is 5.97 Å². The molecule has 2 rings (SSSR count). The minimum Gasteiger partial charge on any atom is -0.478 e. The van der Waals surface area contributed by atoms with Gasteiger partial charge in [-0.1, -0.05) is 0 Å². The number of anilines is 1. The minimum atomic E-state index is -0.860. The van der Waals surface area contributed by atoms with Gasteiger partial charge in [0.25, 0.3) is 0 Å². The van der Waals surface area contributed by atoms with Gasteiger partial charge in [0, 0.05) is 16.7 Å². The smallest absolute Gasteiger partial charge is 0.335 e. The molecular weight excluding hydrogens is 305 g/mol. The van der Waals surface area contributed by atoms with Gasteiger partial charge in [0.05, 0.1) is 11.3 Å².